The number of carbonyl (C=O) groups is 1. The molecule has 1 fully saturated rings. The molecule has 0 radical (unpaired) electrons. The molecule has 1 heterocycles. The summed E-state index contributed by atoms with van der Waals surface area (Å²) in [7, 11) is 0. The van der Waals surface area contributed by atoms with Crippen LogP contribution in [0.15, 0.2) is 0 Å². The Balaban J connectivity index is 2.12. The Morgan fingerprint density at radius 1 is 1.50 bits per heavy atom. The first-order valence-corrected chi connectivity index (χ1v) is 4.98. The van der Waals surface area contributed by atoms with Crippen molar-refractivity contribution in [2.45, 2.75) is 18.9 Å². The van der Waals surface area contributed by atoms with Gasteiger partial charge in [-0.05, 0) is 12.8 Å². The highest BCUT2D eigenvalue weighted by Gasteiger charge is 2.19. The monoisotopic (exact) mass is 202 g/mol. The molecule has 5 nitrogen and oxygen atoms in total. The van der Waals surface area contributed by atoms with E-state index in [-0.39, 0.29) is 12.7 Å². The van der Waals surface area contributed by atoms with E-state index in [0.29, 0.717) is 6.54 Å². The molecule has 0 spiro atoms. The van der Waals surface area contributed by atoms with Crippen LogP contribution in [-0.4, -0.2) is 54.9 Å². The van der Waals surface area contributed by atoms with Crippen LogP contribution in [-0.2, 0) is 9.53 Å². The zero-order chi connectivity index (χ0) is 10.4. The fourth-order valence-corrected chi connectivity index (χ4v) is 1.67. The van der Waals surface area contributed by atoms with E-state index >= 15 is 0 Å². The lowest BCUT2D eigenvalue weighted by Gasteiger charge is -2.31. The van der Waals surface area contributed by atoms with Crippen molar-refractivity contribution in [2.24, 2.45) is 5.73 Å². The van der Waals surface area contributed by atoms with Gasteiger partial charge < -0.3 is 20.5 Å². The summed E-state index contributed by atoms with van der Waals surface area (Å²) in [5.41, 5.74) is 5.44. The largest absolute Gasteiger partial charge is 0.480 e. The van der Waals surface area contributed by atoms with Gasteiger partial charge in [0.1, 0.15) is 6.61 Å². The number of nitrogens with zero attached hydrogens (tertiary/aromatic N) is 1. The molecule has 0 aromatic rings. The van der Waals surface area contributed by atoms with Crippen LogP contribution in [0.25, 0.3) is 0 Å². The van der Waals surface area contributed by atoms with Crippen molar-refractivity contribution >= 4 is 5.97 Å². The predicted octanol–water partition coefficient (Wildman–Crippen LogP) is -0.489. The molecule has 1 rings (SSSR count). The highest BCUT2D eigenvalue weighted by atomic mass is 16.5. The van der Waals surface area contributed by atoms with Gasteiger partial charge >= 0.3 is 5.97 Å². The van der Waals surface area contributed by atoms with Crippen LogP contribution in [0, 0.1) is 0 Å². The first kappa shape index (κ1) is 11.4. The molecule has 5 heteroatoms. The van der Waals surface area contributed by atoms with E-state index in [0.717, 1.165) is 32.5 Å². The molecule has 82 valence electrons. The van der Waals surface area contributed by atoms with E-state index in [9.17, 15) is 4.79 Å². The number of nitrogens with two attached hydrogens (primary N) is 1. The third kappa shape index (κ3) is 4.04. The maximum Gasteiger partial charge on any atom is 0.329 e. The van der Waals surface area contributed by atoms with Gasteiger partial charge in [0.2, 0.25) is 0 Å². The Hall–Kier alpha value is -0.650. The molecule has 0 amide bonds. The van der Waals surface area contributed by atoms with Crippen molar-refractivity contribution in [3.8, 4) is 0 Å². The molecule has 0 aliphatic carbocycles. The Kier molecular flexibility index (Phi) is 4.86. The molecule has 0 aromatic heterocycles. The number of ether oxygens (including phenoxy) is 1. The second-order valence-corrected chi connectivity index (χ2v) is 3.53. The van der Waals surface area contributed by atoms with Gasteiger partial charge in [0.05, 0.1) is 6.10 Å². The van der Waals surface area contributed by atoms with Gasteiger partial charge in [-0.25, -0.2) is 4.79 Å². The Morgan fingerprint density at radius 2 is 2.14 bits per heavy atom. The second kappa shape index (κ2) is 5.95. The molecule has 1 aliphatic heterocycles. The number of hydrogen-bond acceptors (Lipinski definition) is 4. The number of rotatable bonds is 5. The summed E-state index contributed by atoms with van der Waals surface area (Å²) in [4.78, 5) is 12.5. The molecular weight excluding hydrogens is 184 g/mol. The predicted molar refractivity (Wildman–Crippen MR) is 52.1 cm³/mol. The van der Waals surface area contributed by atoms with E-state index in [4.69, 9.17) is 15.6 Å². The zero-order valence-electron chi connectivity index (χ0n) is 8.32. The first-order chi connectivity index (χ1) is 6.72. The van der Waals surface area contributed by atoms with Crippen LogP contribution in [0.4, 0.5) is 0 Å². The van der Waals surface area contributed by atoms with Crippen molar-refractivity contribution in [3.63, 3.8) is 0 Å². The Morgan fingerprint density at radius 3 is 2.64 bits per heavy atom. The lowest BCUT2D eigenvalue weighted by Crippen LogP contribution is -2.40. The van der Waals surface area contributed by atoms with Crippen molar-refractivity contribution in [3.05, 3.63) is 0 Å². The summed E-state index contributed by atoms with van der Waals surface area (Å²) < 4.78 is 5.21. The second-order valence-electron chi connectivity index (χ2n) is 3.53. The fourth-order valence-electron chi connectivity index (χ4n) is 1.67. The summed E-state index contributed by atoms with van der Waals surface area (Å²) in [6, 6.07) is 0. The molecule has 1 saturated heterocycles. The normalized spacial score (nSPS) is 19.8. The summed E-state index contributed by atoms with van der Waals surface area (Å²) in [6.45, 7) is 3.34. The van der Waals surface area contributed by atoms with E-state index in [1.807, 2.05) is 0 Å². The van der Waals surface area contributed by atoms with Gasteiger partial charge in [-0.2, -0.15) is 0 Å². The molecule has 0 saturated carbocycles. The zero-order valence-corrected chi connectivity index (χ0v) is 8.32. The van der Waals surface area contributed by atoms with Crippen molar-refractivity contribution in [1.29, 1.82) is 0 Å². The van der Waals surface area contributed by atoms with Gasteiger partial charge in [0.15, 0.2) is 0 Å². The van der Waals surface area contributed by atoms with Crippen LogP contribution in [0.3, 0.4) is 0 Å². The maximum atomic E-state index is 10.3. The molecular formula is C9H18N2O3. The van der Waals surface area contributed by atoms with E-state index in [1.54, 1.807) is 0 Å². The number of carboxylic acids is 1. The van der Waals surface area contributed by atoms with Gasteiger partial charge in [-0.15, -0.1) is 0 Å². The van der Waals surface area contributed by atoms with E-state index in [1.165, 1.54) is 0 Å². The number of aliphatic carboxylic acids is 1. The number of piperidine rings is 1. The van der Waals surface area contributed by atoms with Crippen molar-refractivity contribution < 1.29 is 14.6 Å². The summed E-state index contributed by atoms with van der Waals surface area (Å²) in [6.07, 6.45) is 1.93. The quantitative estimate of drug-likeness (QED) is 0.629. The Labute approximate surface area is 83.8 Å². The molecule has 0 atom stereocenters. The minimum atomic E-state index is -0.894. The number of hydrogen-bond donors (Lipinski definition) is 2. The van der Waals surface area contributed by atoms with Crippen LogP contribution in [0.5, 0.6) is 0 Å². The van der Waals surface area contributed by atoms with Gasteiger partial charge in [-0.3, -0.25) is 0 Å². The van der Waals surface area contributed by atoms with Gasteiger partial charge in [-0.1, -0.05) is 0 Å². The molecule has 0 bridgehead atoms. The fraction of sp³-hybridized carbons (Fsp3) is 0.889. The average molecular weight is 202 g/mol. The minimum absolute atomic E-state index is 0.111. The van der Waals surface area contributed by atoms with E-state index in [2.05, 4.69) is 4.90 Å². The number of likely N-dealkylation sites (tertiary alicyclic amines) is 1. The van der Waals surface area contributed by atoms with Crippen LogP contribution < -0.4 is 5.73 Å². The SMILES string of the molecule is NCCN1CCC(OCC(=O)O)CC1. The maximum absolute atomic E-state index is 10.3. The molecule has 14 heavy (non-hydrogen) atoms. The third-order valence-electron chi connectivity index (χ3n) is 2.42. The summed E-state index contributed by atoms with van der Waals surface area (Å²) in [5.74, 6) is -0.894. The summed E-state index contributed by atoms with van der Waals surface area (Å²) >= 11 is 0. The topological polar surface area (TPSA) is 75.8 Å². The smallest absolute Gasteiger partial charge is 0.329 e. The number of carboxylic acid groups (broad SMARTS) is 1. The summed E-state index contributed by atoms with van der Waals surface area (Å²) in [5, 5.41) is 8.43. The van der Waals surface area contributed by atoms with E-state index < -0.39 is 5.97 Å². The Bertz CT molecular complexity index is 179. The van der Waals surface area contributed by atoms with Gasteiger partial charge in [0, 0.05) is 26.2 Å². The lowest BCUT2D eigenvalue weighted by molar-refractivity contribution is -0.145. The molecule has 0 unspecified atom stereocenters. The highest BCUT2D eigenvalue weighted by molar-refractivity contribution is 5.68. The van der Waals surface area contributed by atoms with Crippen molar-refractivity contribution in [1.82, 2.24) is 4.90 Å². The highest BCUT2D eigenvalue weighted by Crippen LogP contribution is 2.12. The first-order valence-electron chi connectivity index (χ1n) is 4.98. The average Bonchev–Trinajstić information content (AvgIpc) is 2.17. The molecule has 3 N–H and O–H groups in total. The van der Waals surface area contributed by atoms with Crippen LogP contribution >= 0.6 is 0 Å². The lowest BCUT2D eigenvalue weighted by atomic mass is 10.1. The van der Waals surface area contributed by atoms with Crippen LogP contribution in [0.1, 0.15) is 12.8 Å². The standard InChI is InChI=1S/C9H18N2O3/c10-3-6-11-4-1-8(2-5-11)14-7-9(12)13/h8H,1-7,10H2,(H,12,13). The van der Waals surface area contributed by atoms with Gasteiger partial charge in [0.25, 0.3) is 0 Å². The molecule has 0 aromatic carbocycles. The third-order valence-corrected chi connectivity index (χ3v) is 2.42. The molecule has 1 aliphatic rings. The van der Waals surface area contributed by atoms with Crippen LogP contribution in [0.2, 0.25) is 0 Å². The van der Waals surface area contributed by atoms with Crippen molar-refractivity contribution in [2.75, 3.05) is 32.8 Å². The minimum Gasteiger partial charge on any atom is -0.480 e.